The number of piperidine rings is 1. The summed E-state index contributed by atoms with van der Waals surface area (Å²) >= 11 is 1.24. The van der Waals surface area contributed by atoms with Crippen LogP contribution in [0.5, 0.6) is 0 Å². The molecule has 1 aromatic carbocycles. The fourth-order valence-electron chi connectivity index (χ4n) is 3.62. The molecular formula is C19H24F4N2O2S. The molecule has 2 heterocycles. The molecule has 0 radical (unpaired) electrons. The van der Waals surface area contributed by atoms with Gasteiger partial charge in [-0.2, -0.15) is 13.2 Å². The SMILES string of the molecule is COCC(O)CN1CCC(Nc2cccc3c(CC(F)(F)F)csc23)C(F)C1. The van der Waals surface area contributed by atoms with Crippen LogP contribution in [0.15, 0.2) is 23.6 Å². The number of benzene rings is 1. The average Bonchev–Trinajstić information content (AvgIpc) is 3.00. The second kappa shape index (κ2) is 8.94. The highest BCUT2D eigenvalue weighted by Gasteiger charge is 2.31. The van der Waals surface area contributed by atoms with Crippen LogP contribution in [0.1, 0.15) is 12.0 Å². The minimum Gasteiger partial charge on any atom is -0.389 e. The minimum absolute atomic E-state index is 0.193. The van der Waals surface area contributed by atoms with Gasteiger partial charge in [0, 0.05) is 26.7 Å². The van der Waals surface area contributed by atoms with Crippen molar-refractivity contribution >= 4 is 27.1 Å². The first-order valence-electron chi connectivity index (χ1n) is 9.12. The van der Waals surface area contributed by atoms with Gasteiger partial charge in [-0.05, 0) is 28.8 Å². The number of likely N-dealkylation sites (tertiary alicyclic amines) is 1. The summed E-state index contributed by atoms with van der Waals surface area (Å²) in [6.45, 7) is 1.37. The van der Waals surface area contributed by atoms with E-state index in [0.717, 1.165) is 0 Å². The number of methoxy groups -OCH3 is 1. The van der Waals surface area contributed by atoms with Crippen LogP contribution in [-0.2, 0) is 11.2 Å². The Bertz CT molecular complexity index is 783. The number of aliphatic hydroxyl groups is 1. The second-order valence-electron chi connectivity index (χ2n) is 7.16. The monoisotopic (exact) mass is 420 g/mol. The lowest BCUT2D eigenvalue weighted by Gasteiger charge is -2.36. The number of alkyl halides is 4. The lowest BCUT2D eigenvalue weighted by Crippen LogP contribution is -2.50. The number of rotatable bonds is 7. The van der Waals surface area contributed by atoms with E-state index in [1.807, 2.05) is 4.90 Å². The van der Waals surface area contributed by atoms with E-state index in [0.29, 0.717) is 35.3 Å². The molecule has 0 bridgehead atoms. The topological polar surface area (TPSA) is 44.7 Å². The third-order valence-corrected chi connectivity index (χ3v) is 5.94. The first-order valence-corrected chi connectivity index (χ1v) is 10.0. The maximum atomic E-state index is 14.7. The van der Waals surface area contributed by atoms with Gasteiger partial charge >= 0.3 is 6.18 Å². The average molecular weight is 420 g/mol. The van der Waals surface area contributed by atoms with Crippen molar-refractivity contribution in [1.82, 2.24) is 4.90 Å². The van der Waals surface area contributed by atoms with Gasteiger partial charge in [0.25, 0.3) is 0 Å². The normalized spacial score (nSPS) is 22.5. The molecule has 4 nitrogen and oxygen atoms in total. The summed E-state index contributed by atoms with van der Waals surface area (Å²) in [6, 6.07) is 4.72. The third-order valence-electron chi connectivity index (χ3n) is 4.87. The number of anilines is 1. The molecule has 3 atom stereocenters. The van der Waals surface area contributed by atoms with Crippen molar-refractivity contribution in [3.05, 3.63) is 29.1 Å². The van der Waals surface area contributed by atoms with Crippen LogP contribution in [0.4, 0.5) is 23.2 Å². The number of nitrogens with zero attached hydrogens (tertiary/aromatic N) is 1. The molecule has 1 aromatic heterocycles. The van der Waals surface area contributed by atoms with Crippen molar-refractivity contribution in [2.75, 3.05) is 38.7 Å². The van der Waals surface area contributed by atoms with Crippen LogP contribution in [0, 0.1) is 0 Å². The molecule has 156 valence electrons. The predicted octanol–water partition coefficient (Wildman–Crippen LogP) is 3.84. The number of thiophene rings is 1. The smallest absolute Gasteiger partial charge is 0.389 e. The fourth-order valence-corrected chi connectivity index (χ4v) is 4.67. The van der Waals surface area contributed by atoms with Gasteiger partial charge in [0.15, 0.2) is 0 Å². The summed E-state index contributed by atoms with van der Waals surface area (Å²) in [5.74, 6) is 0. The second-order valence-corrected chi connectivity index (χ2v) is 8.04. The van der Waals surface area contributed by atoms with Gasteiger partial charge in [-0.3, -0.25) is 4.90 Å². The molecule has 1 aliphatic heterocycles. The molecule has 1 saturated heterocycles. The van der Waals surface area contributed by atoms with Crippen molar-refractivity contribution in [1.29, 1.82) is 0 Å². The van der Waals surface area contributed by atoms with E-state index in [1.165, 1.54) is 23.8 Å². The van der Waals surface area contributed by atoms with Crippen LogP contribution < -0.4 is 5.32 Å². The predicted molar refractivity (Wildman–Crippen MR) is 103 cm³/mol. The molecule has 0 amide bonds. The maximum absolute atomic E-state index is 14.7. The maximum Gasteiger partial charge on any atom is 0.393 e. The van der Waals surface area contributed by atoms with E-state index in [1.54, 1.807) is 18.2 Å². The number of nitrogens with one attached hydrogen (secondary N) is 1. The van der Waals surface area contributed by atoms with Crippen LogP contribution in [0.25, 0.3) is 10.1 Å². The lowest BCUT2D eigenvalue weighted by molar-refractivity contribution is -0.126. The van der Waals surface area contributed by atoms with E-state index in [9.17, 15) is 22.7 Å². The molecule has 28 heavy (non-hydrogen) atoms. The molecule has 2 N–H and O–H groups in total. The zero-order chi connectivity index (χ0) is 20.3. The Morgan fingerprint density at radius 3 is 2.86 bits per heavy atom. The zero-order valence-corrected chi connectivity index (χ0v) is 16.3. The Hall–Kier alpha value is -1.42. The Labute approximate surface area is 165 Å². The molecule has 0 aliphatic carbocycles. The molecule has 2 aromatic rings. The summed E-state index contributed by atoms with van der Waals surface area (Å²) in [4.78, 5) is 1.86. The standard InChI is InChI=1S/C19H24F4N2O2S/c1-27-10-13(26)8-25-6-5-16(15(20)9-25)24-17-4-2-3-14-12(7-19(21,22)23)11-28-18(14)17/h2-4,11,13,15-16,24,26H,5-10H2,1H3. The molecule has 0 saturated carbocycles. The van der Waals surface area contributed by atoms with Crippen LogP contribution in [-0.4, -0.2) is 67.9 Å². The van der Waals surface area contributed by atoms with Gasteiger partial charge < -0.3 is 15.2 Å². The van der Waals surface area contributed by atoms with Crippen molar-refractivity contribution in [2.24, 2.45) is 0 Å². The fraction of sp³-hybridized carbons (Fsp3) is 0.579. The van der Waals surface area contributed by atoms with Crippen LogP contribution in [0.3, 0.4) is 0 Å². The van der Waals surface area contributed by atoms with Crippen molar-refractivity contribution in [3.63, 3.8) is 0 Å². The van der Waals surface area contributed by atoms with Gasteiger partial charge in [-0.15, -0.1) is 11.3 Å². The lowest BCUT2D eigenvalue weighted by atomic mass is 10.0. The molecule has 0 spiro atoms. The summed E-state index contributed by atoms with van der Waals surface area (Å²) < 4.78 is 58.6. The first kappa shape index (κ1) is 21.3. The number of ether oxygens (including phenoxy) is 1. The van der Waals surface area contributed by atoms with Gasteiger partial charge in [0.1, 0.15) is 6.17 Å². The highest BCUT2D eigenvalue weighted by Crippen LogP contribution is 2.36. The van der Waals surface area contributed by atoms with Crippen LogP contribution >= 0.6 is 11.3 Å². The molecule has 1 aliphatic rings. The van der Waals surface area contributed by atoms with Crippen molar-refractivity contribution < 1.29 is 27.4 Å². The van der Waals surface area contributed by atoms with E-state index in [-0.39, 0.29) is 18.7 Å². The van der Waals surface area contributed by atoms with E-state index in [4.69, 9.17) is 4.74 Å². The Morgan fingerprint density at radius 1 is 1.39 bits per heavy atom. The van der Waals surface area contributed by atoms with Crippen molar-refractivity contribution in [3.8, 4) is 0 Å². The zero-order valence-electron chi connectivity index (χ0n) is 15.5. The Morgan fingerprint density at radius 2 is 2.18 bits per heavy atom. The molecule has 9 heteroatoms. The number of hydrogen-bond acceptors (Lipinski definition) is 5. The third kappa shape index (κ3) is 5.34. The van der Waals surface area contributed by atoms with Crippen molar-refractivity contribution in [2.45, 2.75) is 37.3 Å². The quantitative estimate of drug-likeness (QED) is 0.669. The molecule has 3 rings (SSSR count). The largest absolute Gasteiger partial charge is 0.393 e. The van der Waals surface area contributed by atoms with Crippen LogP contribution in [0.2, 0.25) is 0 Å². The Kier molecular flexibility index (Phi) is 6.80. The summed E-state index contributed by atoms with van der Waals surface area (Å²) in [5.41, 5.74) is 0.909. The highest BCUT2D eigenvalue weighted by atomic mass is 32.1. The molecule has 3 unspecified atom stereocenters. The van der Waals surface area contributed by atoms with Gasteiger partial charge in [0.2, 0.25) is 0 Å². The summed E-state index contributed by atoms with van der Waals surface area (Å²) in [6.07, 6.45) is -6.49. The first-order chi connectivity index (χ1) is 13.3. The highest BCUT2D eigenvalue weighted by molar-refractivity contribution is 7.18. The minimum atomic E-state index is -4.26. The summed E-state index contributed by atoms with van der Waals surface area (Å²) in [7, 11) is 1.50. The molecule has 1 fully saturated rings. The Balaban J connectivity index is 1.67. The number of halogens is 4. The number of aliphatic hydroxyl groups excluding tert-OH is 1. The number of fused-ring (bicyclic) bond motifs is 1. The van der Waals surface area contributed by atoms with Gasteiger partial charge in [-0.25, -0.2) is 4.39 Å². The van der Waals surface area contributed by atoms with E-state index < -0.39 is 30.9 Å². The van der Waals surface area contributed by atoms with E-state index in [2.05, 4.69) is 5.32 Å². The summed E-state index contributed by atoms with van der Waals surface area (Å²) in [5, 5.41) is 15.1. The number of β-amino-alcohol motifs (C(OH)–C–C–N with tert-alkyl or cyclic N) is 1. The van der Waals surface area contributed by atoms with E-state index >= 15 is 0 Å². The number of hydrogen-bond donors (Lipinski definition) is 2. The van der Waals surface area contributed by atoms with Gasteiger partial charge in [-0.1, -0.05) is 12.1 Å². The molecular weight excluding hydrogens is 396 g/mol. The van der Waals surface area contributed by atoms with Gasteiger partial charge in [0.05, 0.1) is 35.6 Å².